The summed E-state index contributed by atoms with van der Waals surface area (Å²) in [6.07, 6.45) is 0.935. The fourth-order valence-corrected chi connectivity index (χ4v) is 5.44. The molecule has 0 aliphatic carbocycles. The van der Waals surface area contributed by atoms with E-state index in [0.717, 1.165) is 64.7 Å². The zero-order valence-corrected chi connectivity index (χ0v) is 19.4. The number of nitrogens with zero attached hydrogens (tertiary/aromatic N) is 2. The Kier molecular flexibility index (Phi) is 7.85. The van der Waals surface area contributed by atoms with Crippen molar-refractivity contribution < 1.29 is 14.3 Å². The molecule has 30 heavy (non-hydrogen) atoms. The first-order valence-corrected chi connectivity index (χ1v) is 12.0. The number of aromatic nitrogens is 1. The largest absolute Gasteiger partial charge is 0.454 e. The first-order chi connectivity index (χ1) is 14.5. The summed E-state index contributed by atoms with van der Waals surface area (Å²) < 4.78 is 13.1. The number of benzene rings is 1. The Morgan fingerprint density at radius 1 is 1.13 bits per heavy atom. The van der Waals surface area contributed by atoms with E-state index in [4.69, 9.17) is 20.9 Å². The molecule has 2 heterocycles. The third-order valence-electron chi connectivity index (χ3n) is 5.07. The monoisotopic (exact) mass is 450 g/mol. The number of anilines is 1. The Morgan fingerprint density at radius 2 is 1.80 bits per heavy atom. The molecule has 1 amide bonds. The predicted octanol–water partition coefficient (Wildman–Crippen LogP) is 3.89. The zero-order chi connectivity index (χ0) is 21.7. The van der Waals surface area contributed by atoms with Crippen LogP contribution >= 0.6 is 23.5 Å². The number of ether oxygens (including phenoxy) is 2. The maximum atomic E-state index is 11.9. The number of carbonyl (C=O) groups is 1. The third-order valence-corrected chi connectivity index (χ3v) is 7.24. The van der Waals surface area contributed by atoms with Crippen molar-refractivity contribution in [1.82, 2.24) is 9.47 Å². The molecule has 3 rings (SSSR count). The Balaban J connectivity index is 1.89. The van der Waals surface area contributed by atoms with Gasteiger partial charge in [0, 0.05) is 16.3 Å². The maximum Gasteiger partial charge on any atom is 0.252 e. The lowest BCUT2D eigenvalue weighted by Gasteiger charge is -2.19. The minimum Gasteiger partial charge on any atom is -0.454 e. The van der Waals surface area contributed by atoms with Gasteiger partial charge in [-0.25, -0.2) is 0 Å². The van der Waals surface area contributed by atoms with Gasteiger partial charge in [-0.2, -0.15) is 0 Å². The minimum atomic E-state index is -0.509. The van der Waals surface area contributed by atoms with Crippen LogP contribution in [0.15, 0.2) is 33.0 Å². The fourth-order valence-electron chi connectivity index (χ4n) is 3.41. The highest BCUT2D eigenvalue weighted by atomic mass is 32.2. The van der Waals surface area contributed by atoms with Gasteiger partial charge in [0.25, 0.3) is 5.91 Å². The van der Waals surface area contributed by atoms with E-state index < -0.39 is 5.91 Å². The molecule has 9 heteroatoms. The summed E-state index contributed by atoms with van der Waals surface area (Å²) in [6.45, 7) is 10.4. The number of amides is 1. The molecule has 0 spiro atoms. The lowest BCUT2D eigenvalue weighted by atomic mass is 10.3. The highest BCUT2D eigenvalue weighted by Crippen LogP contribution is 2.45. The third kappa shape index (κ3) is 5.01. The van der Waals surface area contributed by atoms with Gasteiger partial charge in [-0.05, 0) is 50.0 Å². The molecule has 164 valence electrons. The molecule has 1 aliphatic heterocycles. The minimum absolute atomic E-state index is 0.236. The van der Waals surface area contributed by atoms with Gasteiger partial charge in [-0.3, -0.25) is 4.79 Å². The molecule has 0 bridgehead atoms. The van der Waals surface area contributed by atoms with Gasteiger partial charge in [0.1, 0.15) is 5.82 Å². The smallest absolute Gasteiger partial charge is 0.252 e. The van der Waals surface area contributed by atoms with Crippen molar-refractivity contribution in [3.8, 4) is 11.5 Å². The van der Waals surface area contributed by atoms with Crippen LogP contribution in [0.5, 0.6) is 11.5 Å². The Hall–Kier alpha value is -1.97. The second kappa shape index (κ2) is 10.4. The van der Waals surface area contributed by atoms with Crippen molar-refractivity contribution in [2.24, 2.45) is 5.73 Å². The van der Waals surface area contributed by atoms with E-state index in [1.807, 2.05) is 16.7 Å². The zero-order valence-electron chi connectivity index (χ0n) is 17.8. The molecule has 0 saturated carbocycles. The normalized spacial score (nSPS) is 12.7. The van der Waals surface area contributed by atoms with E-state index >= 15 is 0 Å². The molecule has 0 unspecified atom stereocenters. The van der Waals surface area contributed by atoms with Crippen LogP contribution in [0.4, 0.5) is 5.82 Å². The SMILES string of the molecule is CCSc1cc2c(cc1Sc1cc(C(N)=O)c(N)n1CCCN(CC)CC)OCO2. The Morgan fingerprint density at radius 3 is 2.40 bits per heavy atom. The van der Waals surface area contributed by atoms with Crippen molar-refractivity contribution in [1.29, 1.82) is 0 Å². The number of hydrogen-bond donors (Lipinski definition) is 2. The number of nitrogens with two attached hydrogens (primary N) is 2. The topological polar surface area (TPSA) is 95.7 Å². The van der Waals surface area contributed by atoms with Gasteiger partial charge in [0.05, 0.1) is 10.6 Å². The first-order valence-electron chi connectivity index (χ1n) is 10.2. The van der Waals surface area contributed by atoms with E-state index in [1.165, 1.54) is 0 Å². The number of thioether (sulfide) groups is 1. The highest BCUT2D eigenvalue weighted by molar-refractivity contribution is 8.02. The summed E-state index contributed by atoms with van der Waals surface area (Å²) in [7, 11) is 0. The summed E-state index contributed by atoms with van der Waals surface area (Å²) in [5, 5.41) is 0.901. The van der Waals surface area contributed by atoms with Crippen molar-refractivity contribution in [3.63, 3.8) is 0 Å². The van der Waals surface area contributed by atoms with Crippen LogP contribution in [0.25, 0.3) is 0 Å². The molecule has 7 nitrogen and oxygen atoms in total. The number of hydrogen-bond acceptors (Lipinski definition) is 7. The number of fused-ring (bicyclic) bond motifs is 1. The number of carbonyl (C=O) groups excluding carboxylic acids is 1. The van der Waals surface area contributed by atoms with E-state index in [-0.39, 0.29) is 6.79 Å². The first kappa shape index (κ1) is 22.7. The van der Waals surface area contributed by atoms with Gasteiger partial charge in [-0.1, -0.05) is 32.5 Å². The van der Waals surface area contributed by atoms with Gasteiger partial charge in [0.15, 0.2) is 11.5 Å². The van der Waals surface area contributed by atoms with E-state index in [0.29, 0.717) is 11.4 Å². The molecule has 0 saturated heterocycles. The summed E-state index contributed by atoms with van der Waals surface area (Å²) >= 11 is 3.32. The number of primary amides is 1. The predicted molar refractivity (Wildman–Crippen MR) is 123 cm³/mol. The van der Waals surface area contributed by atoms with Gasteiger partial charge in [0.2, 0.25) is 6.79 Å². The van der Waals surface area contributed by atoms with Crippen molar-refractivity contribution in [2.75, 3.05) is 37.9 Å². The van der Waals surface area contributed by atoms with Crippen LogP contribution in [0.1, 0.15) is 37.6 Å². The fraction of sp³-hybridized carbons (Fsp3) is 0.476. The van der Waals surface area contributed by atoms with E-state index in [9.17, 15) is 4.79 Å². The molecule has 4 N–H and O–H groups in total. The molecular formula is C21H30N4O3S2. The van der Waals surface area contributed by atoms with Crippen molar-refractivity contribution >= 4 is 35.2 Å². The highest BCUT2D eigenvalue weighted by Gasteiger charge is 2.22. The van der Waals surface area contributed by atoms with Crippen LogP contribution in [-0.4, -0.2) is 47.6 Å². The lowest BCUT2D eigenvalue weighted by molar-refractivity contribution is 0.100. The molecule has 1 aromatic carbocycles. The quantitative estimate of drug-likeness (QED) is 0.501. The number of nitrogen functional groups attached to an aromatic ring is 1. The van der Waals surface area contributed by atoms with Crippen LogP contribution in [0, 0.1) is 0 Å². The summed E-state index contributed by atoms with van der Waals surface area (Å²) in [4.78, 5) is 16.4. The van der Waals surface area contributed by atoms with E-state index in [1.54, 1.807) is 29.6 Å². The summed E-state index contributed by atoms with van der Waals surface area (Å²) in [6, 6.07) is 5.81. The Labute approximate surface area is 186 Å². The molecule has 0 radical (unpaired) electrons. The molecular weight excluding hydrogens is 420 g/mol. The van der Waals surface area contributed by atoms with Gasteiger partial charge >= 0.3 is 0 Å². The van der Waals surface area contributed by atoms with Crippen LogP contribution < -0.4 is 20.9 Å². The second-order valence-electron chi connectivity index (χ2n) is 6.87. The van der Waals surface area contributed by atoms with Crippen LogP contribution in [0.2, 0.25) is 0 Å². The molecule has 2 aromatic rings. The summed E-state index contributed by atoms with van der Waals surface area (Å²) in [5.41, 5.74) is 12.3. The van der Waals surface area contributed by atoms with Crippen LogP contribution in [0.3, 0.4) is 0 Å². The lowest BCUT2D eigenvalue weighted by Crippen LogP contribution is -2.25. The van der Waals surface area contributed by atoms with Crippen LogP contribution in [-0.2, 0) is 6.54 Å². The van der Waals surface area contributed by atoms with Gasteiger partial charge in [-0.15, -0.1) is 11.8 Å². The van der Waals surface area contributed by atoms with E-state index in [2.05, 4.69) is 25.7 Å². The Bertz CT molecular complexity index is 897. The molecule has 1 aromatic heterocycles. The average molecular weight is 451 g/mol. The summed E-state index contributed by atoms with van der Waals surface area (Å²) in [5.74, 6) is 2.36. The molecule has 0 atom stereocenters. The maximum absolute atomic E-state index is 11.9. The molecule has 0 fully saturated rings. The second-order valence-corrected chi connectivity index (χ2v) is 9.23. The van der Waals surface area contributed by atoms with Gasteiger partial charge < -0.3 is 30.4 Å². The van der Waals surface area contributed by atoms with Crippen molar-refractivity contribution in [3.05, 3.63) is 23.8 Å². The molecule has 1 aliphatic rings. The average Bonchev–Trinajstić information content (AvgIpc) is 3.30. The number of rotatable bonds is 11. The van der Waals surface area contributed by atoms with Crippen molar-refractivity contribution in [2.45, 2.75) is 48.6 Å². The standard InChI is InChI=1S/C21H30N4O3S2/c1-4-24(5-2)8-7-9-25-19(10-14(20(25)22)21(23)26)30-18-12-16-15(27-13-28-16)11-17(18)29-6-3/h10-12H,4-9,13,22H2,1-3H3,(H2,23,26).